The number of fused-ring (bicyclic) bond motifs is 4. The highest BCUT2D eigenvalue weighted by Crippen LogP contribution is 2.36. The largest absolute Gasteiger partial charge is 0.451 e. The highest BCUT2D eigenvalue weighted by Gasteiger charge is 2.42. The van der Waals surface area contributed by atoms with E-state index in [1.165, 1.54) is 5.01 Å². The van der Waals surface area contributed by atoms with Gasteiger partial charge in [0.05, 0.1) is 22.7 Å². The highest BCUT2D eigenvalue weighted by atomic mass is 16.6. The molecular formula is C30H37N5O5. The van der Waals surface area contributed by atoms with Gasteiger partial charge in [0.2, 0.25) is 5.91 Å². The minimum absolute atomic E-state index is 0.0726. The van der Waals surface area contributed by atoms with Gasteiger partial charge in [-0.1, -0.05) is 30.4 Å². The average Bonchev–Trinajstić information content (AvgIpc) is 3.78. The van der Waals surface area contributed by atoms with Crippen LogP contribution in [0.1, 0.15) is 70.7 Å². The third-order valence-corrected chi connectivity index (χ3v) is 7.80. The first-order chi connectivity index (χ1) is 19.0. The number of amides is 3. The molecule has 3 aliphatic rings. The molecular weight excluding hydrogens is 510 g/mol. The molecule has 2 aromatic rings. The highest BCUT2D eigenvalue weighted by molar-refractivity contribution is 5.92. The van der Waals surface area contributed by atoms with E-state index >= 15 is 0 Å². The Morgan fingerprint density at radius 1 is 0.950 bits per heavy atom. The fraction of sp³-hybridized carbons (Fsp3) is 0.500. The van der Waals surface area contributed by atoms with Crippen LogP contribution in [0.5, 0.6) is 0 Å². The van der Waals surface area contributed by atoms with Crippen molar-refractivity contribution in [3.8, 4) is 0 Å². The summed E-state index contributed by atoms with van der Waals surface area (Å²) < 4.78 is 5.76. The van der Waals surface area contributed by atoms with Crippen LogP contribution in [0.3, 0.4) is 0 Å². The van der Waals surface area contributed by atoms with E-state index in [0.29, 0.717) is 25.1 Å². The minimum Gasteiger partial charge on any atom is -0.451 e. The second kappa shape index (κ2) is 11.0. The van der Waals surface area contributed by atoms with Crippen LogP contribution < -0.4 is 16.1 Å². The molecule has 5 bridgehead atoms. The van der Waals surface area contributed by atoms with Crippen molar-refractivity contribution in [1.82, 2.24) is 26.1 Å². The van der Waals surface area contributed by atoms with E-state index in [0.717, 1.165) is 29.3 Å². The van der Waals surface area contributed by atoms with E-state index in [1.807, 2.05) is 43.3 Å². The summed E-state index contributed by atoms with van der Waals surface area (Å²) in [6.45, 7) is 7.37. The van der Waals surface area contributed by atoms with Gasteiger partial charge in [-0.2, -0.15) is 0 Å². The van der Waals surface area contributed by atoms with Gasteiger partial charge in [-0.25, -0.2) is 5.43 Å². The number of carbonyl (C=O) groups is 4. The smallest absolute Gasteiger partial charge is 0.316 e. The number of hydrogen-bond donors (Lipinski definition) is 3. The lowest BCUT2D eigenvalue weighted by Crippen LogP contribution is -2.61. The number of cyclic esters (lactones) is 1. The number of hydrazine groups is 1. The summed E-state index contributed by atoms with van der Waals surface area (Å²) in [6.07, 6.45) is 5.39. The average molecular weight is 548 g/mol. The van der Waals surface area contributed by atoms with Gasteiger partial charge in [-0.05, 0) is 71.1 Å². The Hall–Kier alpha value is -3.79. The van der Waals surface area contributed by atoms with E-state index in [-0.39, 0.29) is 23.8 Å². The monoisotopic (exact) mass is 547 g/mol. The number of rotatable bonds is 1. The lowest BCUT2D eigenvalue weighted by molar-refractivity contribution is -0.164. The van der Waals surface area contributed by atoms with Gasteiger partial charge in [0, 0.05) is 17.8 Å². The van der Waals surface area contributed by atoms with Crippen LogP contribution in [0.15, 0.2) is 36.4 Å². The minimum atomic E-state index is -0.997. The van der Waals surface area contributed by atoms with Gasteiger partial charge in [-0.3, -0.25) is 29.2 Å². The molecule has 10 heteroatoms. The van der Waals surface area contributed by atoms with Crippen LogP contribution in [0, 0.1) is 11.3 Å². The maximum absolute atomic E-state index is 13.2. The summed E-state index contributed by atoms with van der Waals surface area (Å²) in [6, 6.07) is 7.87. The van der Waals surface area contributed by atoms with Gasteiger partial charge in [0.15, 0.2) is 6.10 Å². The van der Waals surface area contributed by atoms with Crippen molar-refractivity contribution in [3.05, 3.63) is 47.7 Å². The van der Waals surface area contributed by atoms with Crippen LogP contribution in [0.25, 0.3) is 17.0 Å². The Balaban J connectivity index is 1.48. The van der Waals surface area contributed by atoms with Crippen molar-refractivity contribution in [2.45, 2.75) is 77.6 Å². The number of esters is 1. The third-order valence-electron chi connectivity index (χ3n) is 7.80. The maximum atomic E-state index is 13.2. The molecule has 1 aliphatic carbocycles. The third kappa shape index (κ3) is 6.01. The number of pyridine rings is 1. The van der Waals surface area contributed by atoms with Crippen molar-refractivity contribution < 1.29 is 23.9 Å². The molecule has 10 nitrogen and oxygen atoms in total. The molecule has 0 unspecified atom stereocenters. The molecule has 3 amide bonds. The van der Waals surface area contributed by atoms with Crippen molar-refractivity contribution in [3.63, 3.8) is 0 Å². The standard InChI is InChI=1S/C30H37N5O5/c1-17-22-12-11-20-8-7-19(16-24(20)33-22)13-14-30(3,4)29(39)40-25(21-9-10-21)27(37)32-18(2)28(38)35-15-5-6-23(34-35)26(36)31-17/h7-8,11-14,16-18,21,23,25,34H,5-6,9-10,15H2,1-4H3,(H,31,36)(H,32,37)/b14-13-/t17-,18+,23+,25+/m1/s1. The van der Waals surface area contributed by atoms with E-state index in [4.69, 9.17) is 9.72 Å². The Labute approximate surface area is 233 Å². The molecule has 5 rings (SSSR count). The number of carbonyl (C=O) groups excluding carboxylic acids is 4. The number of aromatic nitrogens is 1. The maximum Gasteiger partial charge on any atom is 0.316 e. The lowest BCUT2D eigenvalue weighted by Gasteiger charge is -2.35. The molecule has 0 spiro atoms. The predicted molar refractivity (Wildman–Crippen MR) is 149 cm³/mol. The molecule has 1 aromatic heterocycles. The zero-order valence-corrected chi connectivity index (χ0v) is 23.4. The molecule has 3 heterocycles. The number of ether oxygens (including phenoxy) is 1. The Kier molecular flexibility index (Phi) is 7.63. The zero-order chi connectivity index (χ0) is 28.6. The molecule has 1 aromatic carbocycles. The molecule has 0 radical (unpaired) electrons. The summed E-state index contributed by atoms with van der Waals surface area (Å²) in [5, 5.41) is 8.10. The quantitative estimate of drug-likeness (QED) is 0.468. The first-order valence-corrected chi connectivity index (χ1v) is 14.0. The van der Waals surface area contributed by atoms with Crippen molar-refractivity contribution >= 4 is 40.7 Å². The number of benzene rings is 1. The topological polar surface area (TPSA) is 130 Å². The molecule has 1 saturated carbocycles. The van der Waals surface area contributed by atoms with Crippen LogP contribution in [0.2, 0.25) is 0 Å². The first kappa shape index (κ1) is 27.8. The molecule has 212 valence electrons. The second-order valence-corrected chi connectivity index (χ2v) is 11.7. The molecule has 1 saturated heterocycles. The van der Waals surface area contributed by atoms with E-state index in [1.54, 1.807) is 26.8 Å². The second-order valence-electron chi connectivity index (χ2n) is 11.7. The number of nitrogens with zero attached hydrogens (tertiary/aromatic N) is 2. The van der Waals surface area contributed by atoms with E-state index in [9.17, 15) is 19.2 Å². The molecule has 2 fully saturated rings. The fourth-order valence-electron chi connectivity index (χ4n) is 5.01. The molecule has 40 heavy (non-hydrogen) atoms. The molecule has 2 aliphatic heterocycles. The fourth-order valence-corrected chi connectivity index (χ4v) is 5.01. The molecule has 3 N–H and O–H groups in total. The normalized spacial score (nSPS) is 28.9. The van der Waals surface area contributed by atoms with Crippen LogP contribution in [-0.2, 0) is 23.9 Å². The lowest BCUT2D eigenvalue weighted by atomic mass is 9.92. The van der Waals surface area contributed by atoms with Crippen molar-refractivity contribution in [2.75, 3.05) is 6.54 Å². The first-order valence-electron chi connectivity index (χ1n) is 14.0. The SMILES string of the molecule is C[C@@H]1NC(=O)[C@H](C2CC2)OC(=O)C(C)(C)/C=C\c2ccc3ccc(nc3c2)[C@@H](C)NC(=O)[C@@H]2CCCN(N2)C1=O. The summed E-state index contributed by atoms with van der Waals surface area (Å²) in [7, 11) is 0. The van der Waals surface area contributed by atoms with Crippen molar-refractivity contribution in [1.29, 1.82) is 0 Å². The van der Waals surface area contributed by atoms with E-state index in [2.05, 4.69) is 16.1 Å². The van der Waals surface area contributed by atoms with Gasteiger partial charge < -0.3 is 15.4 Å². The van der Waals surface area contributed by atoms with Gasteiger partial charge in [-0.15, -0.1) is 0 Å². The number of hydrogen-bond acceptors (Lipinski definition) is 7. The number of nitrogens with one attached hydrogen (secondary N) is 3. The Bertz CT molecular complexity index is 1370. The summed E-state index contributed by atoms with van der Waals surface area (Å²) >= 11 is 0. The van der Waals surface area contributed by atoms with Crippen LogP contribution >= 0.6 is 0 Å². The van der Waals surface area contributed by atoms with Crippen LogP contribution in [-0.4, -0.2) is 58.4 Å². The summed E-state index contributed by atoms with van der Waals surface area (Å²) in [4.78, 5) is 57.6. The summed E-state index contributed by atoms with van der Waals surface area (Å²) in [5.41, 5.74) is 4.37. The van der Waals surface area contributed by atoms with Gasteiger partial charge >= 0.3 is 5.97 Å². The molecule has 4 atom stereocenters. The van der Waals surface area contributed by atoms with E-state index < -0.39 is 35.5 Å². The van der Waals surface area contributed by atoms with Gasteiger partial charge in [0.25, 0.3) is 11.8 Å². The Morgan fingerprint density at radius 3 is 2.42 bits per heavy atom. The van der Waals surface area contributed by atoms with Crippen LogP contribution in [0.4, 0.5) is 0 Å². The van der Waals surface area contributed by atoms with Crippen molar-refractivity contribution in [2.24, 2.45) is 11.3 Å². The zero-order valence-electron chi connectivity index (χ0n) is 23.4. The Morgan fingerprint density at radius 2 is 1.68 bits per heavy atom. The summed E-state index contributed by atoms with van der Waals surface area (Å²) in [5.74, 6) is -1.66. The van der Waals surface area contributed by atoms with Gasteiger partial charge in [0.1, 0.15) is 12.1 Å². The predicted octanol–water partition coefficient (Wildman–Crippen LogP) is 2.79.